The molecular formula is C11H21BrN2O3S. The molecule has 0 aromatic heterocycles. The first kappa shape index (κ1) is 14.7. The van der Waals surface area contributed by atoms with Crippen LogP contribution in [0.2, 0.25) is 0 Å². The van der Waals surface area contributed by atoms with Gasteiger partial charge in [0.25, 0.3) is 10.2 Å². The normalized spacial score (nSPS) is 24.7. The summed E-state index contributed by atoms with van der Waals surface area (Å²) in [6, 6.07) is 0. The van der Waals surface area contributed by atoms with Crippen molar-refractivity contribution in [2.24, 2.45) is 0 Å². The maximum atomic E-state index is 12.3. The number of hydrogen-bond donors (Lipinski definition) is 0. The van der Waals surface area contributed by atoms with Crippen molar-refractivity contribution in [1.29, 1.82) is 0 Å². The molecule has 0 saturated carbocycles. The fourth-order valence-electron chi connectivity index (χ4n) is 2.52. The third-order valence-electron chi connectivity index (χ3n) is 3.55. The maximum absolute atomic E-state index is 12.3. The van der Waals surface area contributed by atoms with Crippen LogP contribution < -0.4 is 0 Å². The summed E-state index contributed by atoms with van der Waals surface area (Å²) in [5.74, 6) is 0. The molecule has 0 radical (unpaired) electrons. The van der Waals surface area contributed by atoms with E-state index in [1.165, 1.54) is 0 Å². The lowest BCUT2D eigenvalue weighted by Crippen LogP contribution is -2.47. The zero-order chi connectivity index (χ0) is 13.0. The smallest absolute Gasteiger partial charge is 0.281 e. The molecule has 2 aliphatic heterocycles. The van der Waals surface area contributed by atoms with Crippen LogP contribution in [-0.4, -0.2) is 61.2 Å². The van der Waals surface area contributed by atoms with Gasteiger partial charge in [-0.2, -0.15) is 17.0 Å². The largest absolute Gasteiger partial charge is 0.377 e. The zero-order valence-electron chi connectivity index (χ0n) is 10.6. The van der Waals surface area contributed by atoms with E-state index < -0.39 is 10.2 Å². The first-order valence-corrected chi connectivity index (χ1v) is 9.09. The Bertz CT molecular complexity index is 349. The predicted octanol–water partition coefficient (Wildman–Crippen LogP) is 1.20. The monoisotopic (exact) mass is 340 g/mol. The molecule has 0 aliphatic carbocycles. The highest BCUT2D eigenvalue weighted by Crippen LogP contribution is 2.21. The number of piperidine rings is 1. The van der Waals surface area contributed by atoms with E-state index in [1.807, 2.05) is 0 Å². The van der Waals surface area contributed by atoms with Crippen molar-refractivity contribution in [3.05, 3.63) is 0 Å². The Balaban J connectivity index is 1.85. The third kappa shape index (κ3) is 3.45. The van der Waals surface area contributed by atoms with Crippen LogP contribution in [0.1, 0.15) is 25.7 Å². The number of halogens is 1. The van der Waals surface area contributed by atoms with Gasteiger partial charge in [-0.1, -0.05) is 15.9 Å². The first-order valence-electron chi connectivity index (χ1n) is 6.57. The molecule has 2 heterocycles. The maximum Gasteiger partial charge on any atom is 0.281 e. The Hall–Kier alpha value is 0.310. The van der Waals surface area contributed by atoms with Gasteiger partial charge >= 0.3 is 0 Å². The van der Waals surface area contributed by atoms with E-state index in [0.29, 0.717) is 32.8 Å². The number of alkyl halides is 1. The van der Waals surface area contributed by atoms with Crippen molar-refractivity contribution < 1.29 is 13.2 Å². The van der Waals surface area contributed by atoms with Gasteiger partial charge in [0.1, 0.15) is 0 Å². The highest BCUT2D eigenvalue weighted by atomic mass is 79.9. The predicted molar refractivity (Wildman–Crippen MR) is 74.1 cm³/mol. The molecule has 2 saturated heterocycles. The number of nitrogens with zero attached hydrogens (tertiary/aromatic N) is 2. The minimum Gasteiger partial charge on any atom is -0.377 e. The SMILES string of the molecule is O=S(=O)(N1CCCC1)N1CCC(OCCBr)CC1. The quantitative estimate of drug-likeness (QED) is 0.706. The number of rotatable bonds is 5. The average Bonchev–Trinajstić information content (AvgIpc) is 2.91. The summed E-state index contributed by atoms with van der Waals surface area (Å²) < 4.78 is 33.5. The van der Waals surface area contributed by atoms with Crippen molar-refractivity contribution in [2.75, 3.05) is 38.1 Å². The summed E-state index contributed by atoms with van der Waals surface area (Å²) in [7, 11) is -3.20. The molecule has 106 valence electrons. The molecular weight excluding hydrogens is 320 g/mol. The number of ether oxygens (including phenoxy) is 1. The van der Waals surface area contributed by atoms with Gasteiger partial charge in [0.15, 0.2) is 0 Å². The molecule has 0 amide bonds. The first-order chi connectivity index (χ1) is 8.64. The lowest BCUT2D eigenvalue weighted by atomic mass is 10.1. The van der Waals surface area contributed by atoms with Crippen LogP contribution in [0.15, 0.2) is 0 Å². The summed E-state index contributed by atoms with van der Waals surface area (Å²) in [6.45, 7) is 3.24. The lowest BCUT2D eigenvalue weighted by molar-refractivity contribution is 0.0301. The van der Waals surface area contributed by atoms with Crippen LogP contribution in [0.25, 0.3) is 0 Å². The Morgan fingerprint density at radius 3 is 2.17 bits per heavy atom. The average molecular weight is 341 g/mol. The van der Waals surface area contributed by atoms with Gasteiger partial charge in [-0.05, 0) is 25.7 Å². The highest BCUT2D eigenvalue weighted by molar-refractivity contribution is 9.09. The van der Waals surface area contributed by atoms with E-state index in [1.54, 1.807) is 8.61 Å². The second-order valence-electron chi connectivity index (χ2n) is 4.77. The minimum atomic E-state index is -3.20. The van der Waals surface area contributed by atoms with Crippen molar-refractivity contribution in [2.45, 2.75) is 31.8 Å². The number of hydrogen-bond acceptors (Lipinski definition) is 3. The molecule has 2 rings (SSSR count). The molecule has 18 heavy (non-hydrogen) atoms. The highest BCUT2D eigenvalue weighted by Gasteiger charge is 2.34. The van der Waals surface area contributed by atoms with Gasteiger partial charge < -0.3 is 4.74 Å². The Labute approximate surface area is 118 Å². The second kappa shape index (κ2) is 6.65. The minimum absolute atomic E-state index is 0.215. The Kier molecular flexibility index (Phi) is 5.44. The van der Waals surface area contributed by atoms with Gasteiger partial charge in [-0.25, -0.2) is 0 Å². The van der Waals surface area contributed by atoms with Gasteiger partial charge in [0, 0.05) is 31.5 Å². The summed E-state index contributed by atoms with van der Waals surface area (Å²) in [5, 5.41) is 0.833. The molecule has 0 N–H and O–H groups in total. The topological polar surface area (TPSA) is 49.9 Å². The van der Waals surface area contributed by atoms with E-state index >= 15 is 0 Å². The summed E-state index contributed by atoms with van der Waals surface area (Å²) in [6.07, 6.45) is 3.81. The van der Waals surface area contributed by atoms with Crippen LogP contribution in [0, 0.1) is 0 Å². The zero-order valence-corrected chi connectivity index (χ0v) is 13.0. The van der Waals surface area contributed by atoms with Crippen molar-refractivity contribution >= 4 is 26.1 Å². The summed E-state index contributed by atoms with van der Waals surface area (Å²) >= 11 is 3.33. The van der Waals surface area contributed by atoms with Gasteiger partial charge in [0.05, 0.1) is 12.7 Å². The fourth-order valence-corrected chi connectivity index (χ4v) is 4.43. The molecule has 2 aliphatic rings. The van der Waals surface area contributed by atoms with Crippen LogP contribution in [0.3, 0.4) is 0 Å². The molecule has 0 spiro atoms. The lowest BCUT2D eigenvalue weighted by Gasteiger charge is -2.33. The third-order valence-corrected chi connectivity index (χ3v) is 5.91. The van der Waals surface area contributed by atoms with Crippen molar-refractivity contribution in [3.63, 3.8) is 0 Å². The molecule has 5 nitrogen and oxygen atoms in total. The van der Waals surface area contributed by atoms with Crippen molar-refractivity contribution in [1.82, 2.24) is 8.61 Å². The van der Waals surface area contributed by atoms with Gasteiger partial charge in [-0.3, -0.25) is 0 Å². The van der Waals surface area contributed by atoms with E-state index in [4.69, 9.17) is 4.74 Å². The summed E-state index contributed by atoms with van der Waals surface area (Å²) in [5.41, 5.74) is 0. The molecule has 2 fully saturated rings. The second-order valence-corrected chi connectivity index (χ2v) is 7.49. The van der Waals surface area contributed by atoms with Crippen LogP contribution in [0.4, 0.5) is 0 Å². The van der Waals surface area contributed by atoms with Crippen molar-refractivity contribution in [3.8, 4) is 0 Å². The fraction of sp³-hybridized carbons (Fsp3) is 1.00. The molecule has 0 atom stereocenters. The van der Waals surface area contributed by atoms with E-state index in [0.717, 1.165) is 31.0 Å². The molecule has 0 bridgehead atoms. The van der Waals surface area contributed by atoms with Crippen LogP contribution >= 0.6 is 15.9 Å². The molecule has 0 aromatic rings. The van der Waals surface area contributed by atoms with E-state index in [2.05, 4.69) is 15.9 Å². The van der Waals surface area contributed by atoms with E-state index in [-0.39, 0.29) is 6.10 Å². The van der Waals surface area contributed by atoms with Gasteiger partial charge in [0.2, 0.25) is 0 Å². The molecule has 0 aromatic carbocycles. The van der Waals surface area contributed by atoms with Crippen LogP contribution in [0.5, 0.6) is 0 Å². The molecule has 0 unspecified atom stereocenters. The summed E-state index contributed by atoms with van der Waals surface area (Å²) in [4.78, 5) is 0. The Morgan fingerprint density at radius 1 is 1.06 bits per heavy atom. The standard InChI is InChI=1S/C11H21BrN2O3S/c12-5-10-17-11-3-8-14(9-4-11)18(15,16)13-6-1-2-7-13/h11H,1-10H2. The Morgan fingerprint density at radius 2 is 1.61 bits per heavy atom. The van der Waals surface area contributed by atoms with Crippen LogP contribution in [-0.2, 0) is 14.9 Å². The van der Waals surface area contributed by atoms with E-state index in [9.17, 15) is 8.42 Å². The molecule has 7 heteroatoms. The van der Waals surface area contributed by atoms with Gasteiger partial charge in [-0.15, -0.1) is 0 Å².